The molecule has 1 aromatic heterocycles. The summed E-state index contributed by atoms with van der Waals surface area (Å²) in [6.45, 7) is 0.472. The SMILES string of the molecule is O=C1CS[C@@H](c2ccsc2)N1CCO. The van der Waals surface area contributed by atoms with Crippen LogP contribution in [-0.2, 0) is 4.79 Å². The molecule has 1 aromatic rings. The van der Waals surface area contributed by atoms with Gasteiger partial charge in [-0.2, -0.15) is 11.3 Å². The van der Waals surface area contributed by atoms with Crippen LogP contribution in [0.25, 0.3) is 0 Å². The second kappa shape index (κ2) is 4.33. The Kier molecular flexibility index (Phi) is 3.10. The van der Waals surface area contributed by atoms with E-state index in [4.69, 9.17) is 5.11 Å². The molecule has 1 N–H and O–H groups in total. The molecule has 1 saturated heterocycles. The van der Waals surface area contributed by atoms with Gasteiger partial charge in [0.25, 0.3) is 0 Å². The van der Waals surface area contributed by atoms with E-state index < -0.39 is 0 Å². The highest BCUT2D eigenvalue weighted by molar-refractivity contribution is 8.00. The van der Waals surface area contributed by atoms with E-state index in [1.807, 2.05) is 11.4 Å². The topological polar surface area (TPSA) is 40.5 Å². The minimum absolute atomic E-state index is 0.0347. The van der Waals surface area contributed by atoms with Gasteiger partial charge in [-0.05, 0) is 22.4 Å². The molecule has 1 fully saturated rings. The number of hydrogen-bond donors (Lipinski definition) is 1. The number of aliphatic hydroxyl groups is 1. The van der Waals surface area contributed by atoms with Gasteiger partial charge in [0.2, 0.25) is 5.91 Å². The average Bonchev–Trinajstić information content (AvgIpc) is 2.77. The molecule has 0 unspecified atom stereocenters. The van der Waals surface area contributed by atoms with Crippen LogP contribution in [0.2, 0.25) is 0 Å². The lowest BCUT2D eigenvalue weighted by Crippen LogP contribution is -2.30. The number of β-amino-alcohol motifs (C(OH)–C–C–N with tert-alkyl or cyclic N) is 1. The summed E-state index contributed by atoms with van der Waals surface area (Å²) in [5, 5.41) is 13.0. The van der Waals surface area contributed by atoms with E-state index in [9.17, 15) is 4.79 Å². The Labute approximate surface area is 90.7 Å². The fraction of sp³-hybridized carbons (Fsp3) is 0.444. The number of carbonyl (C=O) groups excluding carboxylic acids is 1. The van der Waals surface area contributed by atoms with Crippen LogP contribution < -0.4 is 0 Å². The molecule has 2 rings (SSSR count). The van der Waals surface area contributed by atoms with Gasteiger partial charge in [-0.3, -0.25) is 4.79 Å². The average molecular weight is 229 g/mol. The molecule has 0 bridgehead atoms. The first-order chi connectivity index (χ1) is 6.83. The number of thiophene rings is 1. The highest BCUT2D eigenvalue weighted by Gasteiger charge is 2.32. The second-order valence-corrected chi connectivity index (χ2v) is 4.88. The molecule has 0 aromatic carbocycles. The third-order valence-electron chi connectivity index (χ3n) is 2.14. The number of aliphatic hydroxyl groups excluding tert-OH is 1. The van der Waals surface area contributed by atoms with Crippen molar-refractivity contribution < 1.29 is 9.90 Å². The summed E-state index contributed by atoms with van der Waals surface area (Å²) in [5.74, 6) is 0.654. The van der Waals surface area contributed by atoms with E-state index in [-0.39, 0.29) is 17.9 Å². The van der Waals surface area contributed by atoms with Crippen LogP contribution >= 0.6 is 23.1 Å². The molecule has 0 saturated carbocycles. The lowest BCUT2D eigenvalue weighted by molar-refractivity contribution is -0.128. The van der Waals surface area contributed by atoms with E-state index in [1.165, 1.54) is 5.56 Å². The van der Waals surface area contributed by atoms with E-state index in [1.54, 1.807) is 28.0 Å². The molecule has 0 radical (unpaired) electrons. The largest absolute Gasteiger partial charge is 0.395 e. The van der Waals surface area contributed by atoms with Crippen molar-refractivity contribution in [3.05, 3.63) is 22.4 Å². The maximum Gasteiger partial charge on any atom is 0.233 e. The molecule has 5 heteroatoms. The van der Waals surface area contributed by atoms with Crippen LogP contribution in [-0.4, -0.2) is 34.8 Å². The second-order valence-electron chi connectivity index (χ2n) is 3.03. The van der Waals surface area contributed by atoms with Crippen LogP contribution in [0.3, 0.4) is 0 Å². The van der Waals surface area contributed by atoms with Crippen molar-refractivity contribution in [1.29, 1.82) is 0 Å². The van der Waals surface area contributed by atoms with Crippen LogP contribution in [0.5, 0.6) is 0 Å². The fourth-order valence-electron chi connectivity index (χ4n) is 1.50. The molecular formula is C9H11NO2S2. The van der Waals surface area contributed by atoms with Crippen molar-refractivity contribution in [2.45, 2.75) is 5.37 Å². The van der Waals surface area contributed by atoms with Crippen molar-refractivity contribution in [1.82, 2.24) is 4.90 Å². The molecule has 14 heavy (non-hydrogen) atoms. The first kappa shape index (κ1) is 10.0. The van der Waals surface area contributed by atoms with E-state index >= 15 is 0 Å². The zero-order valence-corrected chi connectivity index (χ0v) is 9.18. The Balaban J connectivity index is 2.15. The zero-order valence-electron chi connectivity index (χ0n) is 7.55. The standard InChI is InChI=1S/C9H11NO2S2/c11-3-2-10-8(12)6-14-9(10)7-1-4-13-5-7/h1,4-5,9,11H,2-3,6H2/t9-/m0/s1. The summed E-state index contributed by atoms with van der Waals surface area (Å²) in [5.41, 5.74) is 1.17. The van der Waals surface area contributed by atoms with Crippen molar-refractivity contribution >= 4 is 29.0 Å². The Morgan fingerprint density at radius 1 is 1.64 bits per heavy atom. The third-order valence-corrected chi connectivity index (χ3v) is 4.09. The number of hydrogen-bond acceptors (Lipinski definition) is 4. The first-order valence-corrected chi connectivity index (χ1v) is 6.36. The summed E-state index contributed by atoms with van der Waals surface area (Å²) in [6.07, 6.45) is 0. The normalized spacial score (nSPS) is 21.9. The lowest BCUT2D eigenvalue weighted by atomic mass is 10.3. The molecule has 0 aliphatic carbocycles. The smallest absolute Gasteiger partial charge is 0.233 e. The number of carbonyl (C=O) groups is 1. The predicted molar refractivity (Wildman–Crippen MR) is 58.3 cm³/mol. The summed E-state index contributed by atoms with van der Waals surface area (Å²) < 4.78 is 0. The maximum atomic E-state index is 11.5. The Morgan fingerprint density at radius 3 is 3.14 bits per heavy atom. The number of amides is 1. The first-order valence-electron chi connectivity index (χ1n) is 4.37. The highest BCUT2D eigenvalue weighted by atomic mass is 32.2. The molecule has 76 valence electrons. The van der Waals surface area contributed by atoms with Crippen molar-refractivity contribution in [3.63, 3.8) is 0 Å². The van der Waals surface area contributed by atoms with Gasteiger partial charge in [0.05, 0.1) is 12.4 Å². The highest BCUT2D eigenvalue weighted by Crippen LogP contribution is 2.38. The summed E-state index contributed by atoms with van der Waals surface area (Å²) in [6, 6.07) is 2.03. The fourth-order valence-corrected chi connectivity index (χ4v) is 3.47. The third kappa shape index (κ3) is 1.80. The minimum Gasteiger partial charge on any atom is -0.395 e. The van der Waals surface area contributed by atoms with Crippen molar-refractivity contribution in [2.24, 2.45) is 0 Å². The summed E-state index contributed by atoms with van der Waals surface area (Å²) in [4.78, 5) is 13.2. The van der Waals surface area contributed by atoms with Crippen molar-refractivity contribution in [2.75, 3.05) is 18.9 Å². The van der Waals surface area contributed by atoms with Crippen LogP contribution in [0.1, 0.15) is 10.9 Å². The van der Waals surface area contributed by atoms with Crippen LogP contribution in [0.4, 0.5) is 0 Å². The van der Waals surface area contributed by atoms with Gasteiger partial charge in [-0.15, -0.1) is 11.8 Å². The van der Waals surface area contributed by atoms with Crippen LogP contribution in [0.15, 0.2) is 16.8 Å². The summed E-state index contributed by atoms with van der Waals surface area (Å²) >= 11 is 3.26. The number of nitrogens with zero attached hydrogens (tertiary/aromatic N) is 1. The molecule has 1 aliphatic heterocycles. The molecule has 1 aliphatic rings. The van der Waals surface area contributed by atoms with Gasteiger partial charge < -0.3 is 10.0 Å². The van der Waals surface area contributed by atoms with Gasteiger partial charge in [0.15, 0.2) is 0 Å². The van der Waals surface area contributed by atoms with Gasteiger partial charge in [-0.25, -0.2) is 0 Å². The van der Waals surface area contributed by atoms with Crippen LogP contribution in [0, 0.1) is 0 Å². The summed E-state index contributed by atoms with van der Waals surface area (Å²) in [7, 11) is 0. The van der Waals surface area contributed by atoms with Crippen molar-refractivity contribution in [3.8, 4) is 0 Å². The Bertz CT molecular complexity index is 313. The van der Waals surface area contributed by atoms with Gasteiger partial charge in [-0.1, -0.05) is 0 Å². The Hall–Kier alpha value is -0.520. The van der Waals surface area contributed by atoms with Gasteiger partial charge in [0.1, 0.15) is 5.37 Å². The van der Waals surface area contributed by atoms with E-state index in [2.05, 4.69) is 5.38 Å². The minimum atomic E-state index is 0.0347. The monoisotopic (exact) mass is 229 g/mol. The van der Waals surface area contributed by atoms with E-state index in [0.29, 0.717) is 12.3 Å². The molecule has 1 atom stereocenters. The number of rotatable bonds is 3. The lowest BCUT2D eigenvalue weighted by Gasteiger charge is -2.22. The maximum absolute atomic E-state index is 11.5. The molecule has 1 amide bonds. The zero-order chi connectivity index (χ0) is 9.97. The van der Waals surface area contributed by atoms with E-state index in [0.717, 1.165) is 0 Å². The molecule has 2 heterocycles. The number of thioether (sulfide) groups is 1. The molecular weight excluding hydrogens is 218 g/mol. The Morgan fingerprint density at radius 2 is 2.50 bits per heavy atom. The molecule has 3 nitrogen and oxygen atoms in total. The van der Waals surface area contributed by atoms with Gasteiger partial charge in [0, 0.05) is 6.54 Å². The predicted octanol–water partition coefficient (Wildman–Crippen LogP) is 1.31. The van der Waals surface area contributed by atoms with Gasteiger partial charge >= 0.3 is 0 Å². The molecule has 0 spiro atoms. The quantitative estimate of drug-likeness (QED) is 0.849.